The van der Waals surface area contributed by atoms with E-state index in [0.29, 0.717) is 22.9 Å². The lowest BCUT2D eigenvalue weighted by Crippen LogP contribution is -1.99. The highest BCUT2D eigenvalue weighted by molar-refractivity contribution is 6.30. The van der Waals surface area contributed by atoms with Crippen LogP contribution >= 0.6 is 11.6 Å². The minimum atomic E-state index is -0.971. The largest absolute Gasteiger partial charge is 0.489 e. The topological polar surface area (TPSA) is 46.5 Å². The normalized spacial score (nSPS) is 11.2. The Kier molecular flexibility index (Phi) is 5.72. The molecule has 4 heteroatoms. The summed E-state index contributed by atoms with van der Waals surface area (Å²) in [6.07, 6.45) is 1.64. The van der Waals surface area contributed by atoms with E-state index in [2.05, 4.69) is 0 Å². The molecular weight excluding hydrogens is 348 g/mol. The highest BCUT2D eigenvalue weighted by Gasteiger charge is 2.10. The molecule has 3 rings (SSSR count). The van der Waals surface area contributed by atoms with Gasteiger partial charge in [-0.25, -0.2) is 4.79 Å². The maximum Gasteiger partial charge on any atom is 0.336 e. The van der Waals surface area contributed by atoms with Crippen LogP contribution in [0.4, 0.5) is 0 Å². The molecule has 3 nitrogen and oxygen atoms in total. The van der Waals surface area contributed by atoms with Crippen molar-refractivity contribution >= 4 is 29.2 Å². The molecule has 130 valence electrons. The van der Waals surface area contributed by atoms with Gasteiger partial charge in [0.25, 0.3) is 0 Å². The van der Waals surface area contributed by atoms with Crippen molar-refractivity contribution in [3.63, 3.8) is 0 Å². The van der Waals surface area contributed by atoms with Gasteiger partial charge in [0.05, 0.1) is 5.57 Å². The van der Waals surface area contributed by atoms with E-state index in [1.807, 2.05) is 66.7 Å². The van der Waals surface area contributed by atoms with Crippen molar-refractivity contribution in [3.8, 4) is 5.75 Å². The van der Waals surface area contributed by atoms with Gasteiger partial charge >= 0.3 is 5.97 Å². The third-order valence-electron chi connectivity index (χ3n) is 3.78. The maximum absolute atomic E-state index is 11.6. The van der Waals surface area contributed by atoms with Crippen molar-refractivity contribution in [1.82, 2.24) is 0 Å². The van der Waals surface area contributed by atoms with E-state index in [9.17, 15) is 9.90 Å². The average Bonchev–Trinajstić information content (AvgIpc) is 2.65. The van der Waals surface area contributed by atoms with Gasteiger partial charge in [0.15, 0.2) is 0 Å². The van der Waals surface area contributed by atoms with Gasteiger partial charge in [-0.15, -0.1) is 0 Å². The fraction of sp³-hybridized carbons (Fsp3) is 0.0455. The van der Waals surface area contributed by atoms with Gasteiger partial charge in [0.2, 0.25) is 0 Å². The zero-order valence-corrected chi connectivity index (χ0v) is 14.7. The van der Waals surface area contributed by atoms with E-state index in [4.69, 9.17) is 16.3 Å². The van der Waals surface area contributed by atoms with Gasteiger partial charge < -0.3 is 9.84 Å². The van der Waals surface area contributed by atoms with Crippen LogP contribution in [0, 0.1) is 0 Å². The van der Waals surface area contributed by atoms with E-state index >= 15 is 0 Å². The lowest BCUT2D eigenvalue weighted by molar-refractivity contribution is -0.130. The summed E-state index contributed by atoms with van der Waals surface area (Å²) >= 11 is 5.98. The molecule has 0 saturated heterocycles. The number of hydrogen-bond donors (Lipinski definition) is 1. The summed E-state index contributed by atoms with van der Waals surface area (Å²) in [5.41, 5.74) is 2.62. The molecule has 0 atom stereocenters. The van der Waals surface area contributed by atoms with E-state index in [0.717, 1.165) is 11.1 Å². The molecule has 0 saturated carbocycles. The first kappa shape index (κ1) is 17.8. The summed E-state index contributed by atoms with van der Waals surface area (Å²) in [6, 6.07) is 23.9. The Morgan fingerprint density at radius 1 is 0.962 bits per heavy atom. The second kappa shape index (κ2) is 8.37. The van der Waals surface area contributed by atoms with E-state index in [-0.39, 0.29) is 5.57 Å². The molecule has 3 aromatic carbocycles. The molecule has 0 radical (unpaired) electrons. The Morgan fingerprint density at radius 3 is 2.46 bits per heavy atom. The molecule has 0 bridgehead atoms. The molecule has 0 amide bonds. The third kappa shape index (κ3) is 4.74. The van der Waals surface area contributed by atoms with Gasteiger partial charge in [-0.2, -0.15) is 0 Å². The molecule has 0 spiro atoms. The van der Waals surface area contributed by atoms with E-state index < -0.39 is 5.97 Å². The third-order valence-corrected chi connectivity index (χ3v) is 4.01. The van der Waals surface area contributed by atoms with Crippen molar-refractivity contribution < 1.29 is 14.6 Å². The highest BCUT2D eigenvalue weighted by atomic mass is 35.5. The number of carboxylic acids is 1. The van der Waals surface area contributed by atoms with Gasteiger partial charge in [0, 0.05) is 5.02 Å². The van der Waals surface area contributed by atoms with Gasteiger partial charge in [-0.3, -0.25) is 0 Å². The zero-order valence-electron chi connectivity index (χ0n) is 13.9. The molecule has 0 aliphatic heterocycles. The minimum absolute atomic E-state index is 0.234. The summed E-state index contributed by atoms with van der Waals surface area (Å²) in [5, 5.41) is 10.2. The first-order valence-corrected chi connectivity index (χ1v) is 8.47. The predicted molar refractivity (Wildman–Crippen MR) is 104 cm³/mol. The molecule has 0 aliphatic carbocycles. The van der Waals surface area contributed by atoms with E-state index in [1.165, 1.54) is 0 Å². The summed E-state index contributed by atoms with van der Waals surface area (Å²) in [5.74, 6) is -0.307. The number of benzene rings is 3. The lowest BCUT2D eigenvalue weighted by Gasteiger charge is -2.08. The minimum Gasteiger partial charge on any atom is -0.489 e. The van der Waals surface area contributed by atoms with Crippen LogP contribution < -0.4 is 4.74 Å². The number of aliphatic carboxylic acids is 1. The van der Waals surface area contributed by atoms with Gasteiger partial charge in [0.1, 0.15) is 12.4 Å². The Labute approximate surface area is 157 Å². The van der Waals surface area contributed by atoms with Crippen LogP contribution in [-0.4, -0.2) is 11.1 Å². The first-order valence-electron chi connectivity index (χ1n) is 8.09. The SMILES string of the molecule is O=C(O)/C(=C\c1cccc(OCc2cccc(Cl)c2)c1)c1ccccc1. The molecular formula is C22H17ClO3. The van der Waals surface area contributed by atoms with Crippen LogP contribution in [0.5, 0.6) is 5.75 Å². The molecule has 0 unspecified atom stereocenters. The number of ether oxygens (including phenoxy) is 1. The van der Waals surface area contributed by atoms with Crippen LogP contribution in [0.25, 0.3) is 11.6 Å². The Hall–Kier alpha value is -3.04. The Bertz CT molecular complexity index is 933. The lowest BCUT2D eigenvalue weighted by atomic mass is 10.0. The summed E-state index contributed by atoms with van der Waals surface area (Å²) in [6.45, 7) is 0.387. The molecule has 1 N–H and O–H groups in total. The van der Waals surface area contributed by atoms with Crippen molar-refractivity contribution in [1.29, 1.82) is 0 Å². The summed E-state index contributed by atoms with van der Waals surface area (Å²) < 4.78 is 5.80. The van der Waals surface area contributed by atoms with Crippen molar-refractivity contribution in [2.45, 2.75) is 6.61 Å². The number of carbonyl (C=O) groups is 1. The standard InChI is InChI=1S/C22H17ClO3/c23-19-10-4-7-17(12-19)15-26-20-11-5-6-16(13-20)14-21(22(24)25)18-8-2-1-3-9-18/h1-14H,15H2,(H,24,25)/b21-14-. The van der Waals surface area contributed by atoms with Crippen LogP contribution in [0.15, 0.2) is 78.9 Å². The first-order chi connectivity index (χ1) is 12.6. The number of carboxylic acid groups (broad SMARTS) is 1. The van der Waals surface area contributed by atoms with Crippen molar-refractivity contribution in [2.24, 2.45) is 0 Å². The van der Waals surface area contributed by atoms with Crippen molar-refractivity contribution in [2.75, 3.05) is 0 Å². The van der Waals surface area contributed by atoms with Crippen LogP contribution in [-0.2, 0) is 11.4 Å². The molecule has 26 heavy (non-hydrogen) atoms. The monoisotopic (exact) mass is 364 g/mol. The number of halogens is 1. The fourth-order valence-electron chi connectivity index (χ4n) is 2.54. The van der Waals surface area contributed by atoms with Gasteiger partial charge in [-0.1, -0.05) is 66.2 Å². The second-order valence-corrected chi connectivity index (χ2v) is 6.16. The molecule has 0 aromatic heterocycles. The Morgan fingerprint density at radius 2 is 1.73 bits per heavy atom. The Balaban J connectivity index is 1.80. The van der Waals surface area contributed by atoms with Crippen LogP contribution in [0.3, 0.4) is 0 Å². The molecule has 0 aliphatic rings. The van der Waals surface area contributed by atoms with Crippen LogP contribution in [0.2, 0.25) is 5.02 Å². The summed E-state index contributed by atoms with van der Waals surface area (Å²) in [7, 11) is 0. The summed E-state index contributed by atoms with van der Waals surface area (Å²) in [4.78, 5) is 11.6. The molecule has 0 heterocycles. The number of hydrogen-bond acceptors (Lipinski definition) is 2. The second-order valence-electron chi connectivity index (χ2n) is 5.72. The maximum atomic E-state index is 11.6. The molecule has 3 aromatic rings. The van der Waals surface area contributed by atoms with Crippen LogP contribution in [0.1, 0.15) is 16.7 Å². The number of rotatable bonds is 6. The fourth-order valence-corrected chi connectivity index (χ4v) is 2.75. The van der Waals surface area contributed by atoms with E-state index in [1.54, 1.807) is 18.2 Å². The van der Waals surface area contributed by atoms with Gasteiger partial charge in [-0.05, 0) is 47.0 Å². The predicted octanol–water partition coefficient (Wildman–Crippen LogP) is 5.54. The molecule has 0 fully saturated rings. The van der Waals surface area contributed by atoms with Crippen molar-refractivity contribution in [3.05, 3.63) is 101 Å². The quantitative estimate of drug-likeness (QED) is 0.461. The highest BCUT2D eigenvalue weighted by Crippen LogP contribution is 2.22. The average molecular weight is 365 g/mol. The smallest absolute Gasteiger partial charge is 0.336 e. The zero-order chi connectivity index (χ0) is 18.4.